The normalized spacial score (nSPS) is 9.94. The van der Waals surface area contributed by atoms with Crippen molar-refractivity contribution in [1.82, 2.24) is 0 Å². The summed E-state index contributed by atoms with van der Waals surface area (Å²) in [7, 11) is 1.98. The van der Waals surface area contributed by atoms with Crippen molar-refractivity contribution in [2.24, 2.45) is 7.05 Å². The van der Waals surface area contributed by atoms with Gasteiger partial charge < -0.3 is 0 Å². The highest BCUT2D eigenvalue weighted by Gasteiger charge is 2.03. The zero-order valence-corrected chi connectivity index (χ0v) is 9.76. The number of rotatable bonds is 3. The molecule has 0 aliphatic heterocycles. The SMILES string of the molecule is C=C(c1ccc(C=O)cc1)c1cc[n+](C)cc1. The number of nitrogens with zero attached hydrogens (tertiary/aromatic N) is 1. The van der Waals surface area contributed by atoms with Gasteiger partial charge in [-0.05, 0) is 16.7 Å². The topological polar surface area (TPSA) is 20.9 Å². The van der Waals surface area contributed by atoms with Crippen molar-refractivity contribution in [3.05, 3.63) is 72.1 Å². The molecule has 0 aliphatic rings. The van der Waals surface area contributed by atoms with Gasteiger partial charge >= 0.3 is 0 Å². The number of carbonyl (C=O) groups excluding carboxylic acids is 1. The van der Waals surface area contributed by atoms with Gasteiger partial charge in [0.15, 0.2) is 12.4 Å². The van der Waals surface area contributed by atoms with Crippen LogP contribution < -0.4 is 4.57 Å². The molecule has 1 aromatic heterocycles. The molecule has 2 heteroatoms. The van der Waals surface area contributed by atoms with E-state index in [0.29, 0.717) is 5.56 Å². The highest BCUT2D eigenvalue weighted by molar-refractivity contribution is 5.80. The number of aryl methyl sites for hydroxylation is 1. The Hall–Kier alpha value is -2.22. The minimum Gasteiger partial charge on any atom is -0.298 e. The van der Waals surface area contributed by atoms with Gasteiger partial charge in [0.2, 0.25) is 0 Å². The van der Waals surface area contributed by atoms with Crippen molar-refractivity contribution < 1.29 is 9.36 Å². The molecule has 0 fully saturated rings. The molecule has 1 heterocycles. The van der Waals surface area contributed by atoms with E-state index in [1.807, 2.05) is 48.3 Å². The molecular weight excluding hydrogens is 210 g/mol. The van der Waals surface area contributed by atoms with E-state index in [9.17, 15) is 4.79 Å². The number of aromatic nitrogens is 1. The summed E-state index contributed by atoms with van der Waals surface area (Å²) < 4.78 is 1.98. The third-order valence-electron chi connectivity index (χ3n) is 2.72. The molecule has 0 bridgehead atoms. The zero-order valence-electron chi connectivity index (χ0n) is 9.76. The van der Waals surface area contributed by atoms with Crippen LogP contribution in [-0.4, -0.2) is 6.29 Å². The van der Waals surface area contributed by atoms with Crippen molar-refractivity contribution in [2.75, 3.05) is 0 Å². The van der Waals surface area contributed by atoms with Crippen LogP contribution in [0.1, 0.15) is 21.5 Å². The van der Waals surface area contributed by atoms with E-state index < -0.39 is 0 Å². The molecule has 0 saturated heterocycles. The van der Waals surface area contributed by atoms with Crippen molar-refractivity contribution >= 4 is 11.9 Å². The predicted molar refractivity (Wildman–Crippen MR) is 67.6 cm³/mol. The third-order valence-corrected chi connectivity index (χ3v) is 2.72. The third kappa shape index (κ3) is 2.48. The van der Waals surface area contributed by atoms with Crippen LogP contribution in [0.4, 0.5) is 0 Å². The summed E-state index contributed by atoms with van der Waals surface area (Å²) in [6, 6.07) is 11.5. The van der Waals surface area contributed by atoms with Gasteiger partial charge in [0, 0.05) is 17.7 Å². The molecule has 0 spiro atoms. The van der Waals surface area contributed by atoms with Crippen LogP contribution in [0.15, 0.2) is 55.4 Å². The maximum atomic E-state index is 10.6. The molecule has 1 aromatic carbocycles. The lowest BCUT2D eigenvalue weighted by molar-refractivity contribution is -0.671. The quantitative estimate of drug-likeness (QED) is 0.579. The van der Waals surface area contributed by atoms with Gasteiger partial charge in [0.25, 0.3) is 0 Å². The Bertz CT molecular complexity index is 538. The van der Waals surface area contributed by atoms with E-state index >= 15 is 0 Å². The van der Waals surface area contributed by atoms with Crippen LogP contribution in [0.5, 0.6) is 0 Å². The van der Waals surface area contributed by atoms with Crippen LogP contribution in [0.3, 0.4) is 0 Å². The molecule has 0 atom stereocenters. The molecule has 0 amide bonds. The lowest BCUT2D eigenvalue weighted by Crippen LogP contribution is -2.25. The molecule has 0 N–H and O–H groups in total. The molecule has 2 nitrogen and oxygen atoms in total. The highest BCUT2D eigenvalue weighted by Crippen LogP contribution is 2.20. The fourth-order valence-electron chi connectivity index (χ4n) is 1.63. The Morgan fingerprint density at radius 1 is 1.06 bits per heavy atom. The lowest BCUT2D eigenvalue weighted by Gasteiger charge is -2.05. The first-order chi connectivity index (χ1) is 8.20. The molecular formula is C15H14NO+. The van der Waals surface area contributed by atoms with Crippen LogP contribution in [0.25, 0.3) is 5.57 Å². The largest absolute Gasteiger partial charge is 0.298 e. The van der Waals surface area contributed by atoms with Crippen LogP contribution >= 0.6 is 0 Å². The number of carbonyl (C=O) groups is 1. The second-order valence-electron chi connectivity index (χ2n) is 3.97. The van der Waals surface area contributed by atoms with Crippen LogP contribution in [-0.2, 0) is 7.05 Å². The first-order valence-electron chi connectivity index (χ1n) is 5.41. The number of pyridine rings is 1. The Morgan fingerprint density at radius 2 is 1.59 bits per heavy atom. The first kappa shape index (κ1) is 11.3. The summed E-state index contributed by atoms with van der Waals surface area (Å²) in [5, 5.41) is 0. The van der Waals surface area contributed by atoms with E-state index in [1.165, 1.54) is 0 Å². The predicted octanol–water partition coefficient (Wildman–Crippen LogP) is 2.39. The van der Waals surface area contributed by atoms with E-state index in [1.54, 1.807) is 12.1 Å². The molecule has 0 radical (unpaired) electrons. The number of benzene rings is 1. The average molecular weight is 224 g/mol. The van der Waals surface area contributed by atoms with Crippen LogP contribution in [0.2, 0.25) is 0 Å². The molecule has 2 rings (SSSR count). The Morgan fingerprint density at radius 3 is 2.12 bits per heavy atom. The Labute approximate surface area is 101 Å². The number of hydrogen-bond donors (Lipinski definition) is 0. The summed E-state index contributed by atoms with van der Waals surface area (Å²) >= 11 is 0. The maximum Gasteiger partial charge on any atom is 0.169 e. The maximum absolute atomic E-state index is 10.6. The van der Waals surface area contributed by atoms with Gasteiger partial charge in [-0.15, -0.1) is 0 Å². The number of aldehydes is 1. The van der Waals surface area contributed by atoms with Crippen molar-refractivity contribution in [2.45, 2.75) is 0 Å². The summed E-state index contributed by atoms with van der Waals surface area (Å²) in [6.07, 6.45) is 4.82. The molecule has 84 valence electrons. The van der Waals surface area contributed by atoms with E-state index in [-0.39, 0.29) is 0 Å². The van der Waals surface area contributed by atoms with E-state index in [2.05, 4.69) is 6.58 Å². The minimum absolute atomic E-state index is 0.681. The van der Waals surface area contributed by atoms with Gasteiger partial charge in [-0.3, -0.25) is 4.79 Å². The standard InChI is InChI=1S/C15H14NO/c1-12(15-7-9-16(2)10-8-15)14-5-3-13(11-17)4-6-14/h3-11H,1H2,2H3/q+1. The minimum atomic E-state index is 0.681. The van der Waals surface area contributed by atoms with E-state index in [0.717, 1.165) is 23.0 Å². The van der Waals surface area contributed by atoms with Gasteiger partial charge in [0.05, 0.1) is 0 Å². The van der Waals surface area contributed by atoms with Crippen LogP contribution in [0, 0.1) is 0 Å². The average Bonchev–Trinajstić information content (AvgIpc) is 2.39. The lowest BCUT2D eigenvalue weighted by atomic mass is 10.00. The Balaban J connectivity index is 2.30. The first-order valence-corrected chi connectivity index (χ1v) is 5.41. The van der Waals surface area contributed by atoms with Gasteiger partial charge in [-0.25, -0.2) is 4.57 Å². The zero-order chi connectivity index (χ0) is 12.3. The molecule has 17 heavy (non-hydrogen) atoms. The summed E-state index contributed by atoms with van der Waals surface area (Å²) in [4.78, 5) is 10.6. The molecule has 0 unspecified atom stereocenters. The summed E-state index contributed by atoms with van der Waals surface area (Å²) in [5.41, 5.74) is 3.76. The van der Waals surface area contributed by atoms with Crippen molar-refractivity contribution in [3.8, 4) is 0 Å². The van der Waals surface area contributed by atoms with E-state index in [4.69, 9.17) is 0 Å². The fourth-order valence-corrected chi connectivity index (χ4v) is 1.63. The molecule has 0 aliphatic carbocycles. The van der Waals surface area contributed by atoms with Gasteiger partial charge in [0.1, 0.15) is 13.3 Å². The highest BCUT2D eigenvalue weighted by atomic mass is 16.1. The smallest absolute Gasteiger partial charge is 0.169 e. The Kier molecular flexibility index (Phi) is 3.15. The molecule has 0 saturated carbocycles. The second-order valence-corrected chi connectivity index (χ2v) is 3.97. The van der Waals surface area contributed by atoms with Crippen molar-refractivity contribution in [3.63, 3.8) is 0 Å². The molecule has 2 aromatic rings. The number of hydrogen-bond acceptors (Lipinski definition) is 1. The monoisotopic (exact) mass is 224 g/mol. The summed E-state index contributed by atoms with van der Waals surface area (Å²) in [5.74, 6) is 0. The second kappa shape index (κ2) is 4.74. The fraction of sp³-hybridized carbons (Fsp3) is 0.0667. The van der Waals surface area contributed by atoms with Gasteiger partial charge in [-0.2, -0.15) is 0 Å². The van der Waals surface area contributed by atoms with Crippen molar-refractivity contribution in [1.29, 1.82) is 0 Å². The summed E-state index contributed by atoms with van der Waals surface area (Å²) in [6.45, 7) is 4.08. The van der Waals surface area contributed by atoms with Gasteiger partial charge in [-0.1, -0.05) is 30.8 Å².